The molecule has 0 aromatic carbocycles. The summed E-state index contributed by atoms with van der Waals surface area (Å²) in [5.41, 5.74) is 0. The van der Waals surface area contributed by atoms with E-state index in [-0.39, 0.29) is 18.6 Å². The van der Waals surface area contributed by atoms with E-state index in [1.54, 1.807) is 0 Å². The number of ether oxygens (including phenoxy) is 1. The van der Waals surface area contributed by atoms with Crippen LogP contribution in [0.4, 0.5) is 0 Å². The summed E-state index contributed by atoms with van der Waals surface area (Å²) in [5, 5.41) is 12.7. The molecule has 2 unspecified atom stereocenters. The van der Waals surface area contributed by atoms with Gasteiger partial charge in [-0.25, -0.2) is 0 Å². The van der Waals surface area contributed by atoms with E-state index in [9.17, 15) is 0 Å². The molecule has 2 atom stereocenters. The molecule has 6 heteroatoms. The third-order valence-corrected chi connectivity index (χ3v) is 3.30. The summed E-state index contributed by atoms with van der Waals surface area (Å²) < 4.78 is 10.6. The van der Waals surface area contributed by atoms with Gasteiger partial charge in [0.25, 0.3) is 5.89 Å². The molecule has 3 heterocycles. The molecule has 16 heavy (non-hydrogen) atoms. The maximum atomic E-state index is 8.85. The number of aliphatic hydroxyl groups excluding tert-OH is 1. The van der Waals surface area contributed by atoms with Crippen LogP contribution in [0.15, 0.2) is 4.52 Å². The Kier molecular flexibility index (Phi) is 2.62. The summed E-state index contributed by atoms with van der Waals surface area (Å²) in [7, 11) is 0. The second-order valence-electron chi connectivity index (χ2n) is 4.32. The molecule has 88 valence electrons. The Balaban J connectivity index is 1.71. The predicted octanol–water partition coefficient (Wildman–Crippen LogP) is 0.0976. The number of hydrogen-bond acceptors (Lipinski definition) is 6. The van der Waals surface area contributed by atoms with Crippen LogP contribution in [0.25, 0.3) is 0 Å². The summed E-state index contributed by atoms with van der Waals surface area (Å²) in [6, 6.07) is 0.570. The number of nitrogens with zero attached hydrogens (tertiary/aromatic N) is 3. The van der Waals surface area contributed by atoms with Crippen LogP contribution in [0, 0.1) is 0 Å². The van der Waals surface area contributed by atoms with Crippen molar-refractivity contribution in [2.45, 2.75) is 31.6 Å². The molecule has 3 rings (SSSR count). The Morgan fingerprint density at radius 3 is 3.25 bits per heavy atom. The second kappa shape index (κ2) is 4.12. The molecular weight excluding hydrogens is 210 g/mol. The highest BCUT2D eigenvalue weighted by Gasteiger charge is 2.34. The number of aromatic nitrogens is 2. The van der Waals surface area contributed by atoms with Crippen molar-refractivity contribution in [1.29, 1.82) is 0 Å². The van der Waals surface area contributed by atoms with E-state index >= 15 is 0 Å². The minimum atomic E-state index is -0.216. The summed E-state index contributed by atoms with van der Waals surface area (Å²) in [6.45, 7) is 2.49. The van der Waals surface area contributed by atoms with Gasteiger partial charge in [0.2, 0.25) is 5.82 Å². The zero-order valence-electron chi connectivity index (χ0n) is 9.00. The van der Waals surface area contributed by atoms with Crippen LogP contribution < -0.4 is 0 Å². The Morgan fingerprint density at radius 2 is 2.44 bits per heavy atom. The fourth-order valence-electron chi connectivity index (χ4n) is 2.44. The van der Waals surface area contributed by atoms with E-state index < -0.39 is 0 Å². The third-order valence-electron chi connectivity index (χ3n) is 3.30. The first-order valence-electron chi connectivity index (χ1n) is 5.66. The Bertz CT molecular complexity index is 368. The van der Waals surface area contributed by atoms with Gasteiger partial charge in [-0.2, -0.15) is 4.98 Å². The Labute approximate surface area is 93.2 Å². The fourth-order valence-corrected chi connectivity index (χ4v) is 2.44. The maximum Gasteiger partial charge on any atom is 0.252 e. The van der Waals surface area contributed by atoms with Crippen molar-refractivity contribution in [2.24, 2.45) is 0 Å². The largest absolute Gasteiger partial charge is 0.387 e. The van der Waals surface area contributed by atoms with Crippen LogP contribution in [-0.2, 0) is 11.3 Å². The number of rotatable bonds is 2. The molecule has 1 aromatic heterocycles. The van der Waals surface area contributed by atoms with Crippen LogP contribution in [0.3, 0.4) is 0 Å². The number of aliphatic hydroxyl groups is 1. The fraction of sp³-hybridized carbons (Fsp3) is 0.800. The first-order chi connectivity index (χ1) is 7.86. The van der Waals surface area contributed by atoms with Gasteiger partial charge in [0.1, 0.15) is 12.7 Å². The number of morpholine rings is 1. The molecule has 0 bridgehead atoms. The van der Waals surface area contributed by atoms with E-state index in [4.69, 9.17) is 14.4 Å². The zero-order valence-corrected chi connectivity index (χ0v) is 9.00. The van der Waals surface area contributed by atoms with Crippen molar-refractivity contribution in [3.63, 3.8) is 0 Å². The van der Waals surface area contributed by atoms with Crippen molar-refractivity contribution in [3.05, 3.63) is 11.7 Å². The minimum absolute atomic E-state index is 0.113. The standard InChI is InChI=1S/C10H15N3O3/c14-5-9-11-10(12-16-9)8-4-13-3-1-2-7(13)6-15-8/h7-8,14H,1-6H2. The van der Waals surface area contributed by atoms with Gasteiger partial charge in [-0.3, -0.25) is 4.90 Å². The van der Waals surface area contributed by atoms with Crippen LogP contribution in [0.2, 0.25) is 0 Å². The monoisotopic (exact) mass is 225 g/mol. The maximum absolute atomic E-state index is 8.85. The van der Waals surface area contributed by atoms with Gasteiger partial charge in [0, 0.05) is 12.6 Å². The van der Waals surface area contributed by atoms with Crippen molar-refractivity contribution in [2.75, 3.05) is 19.7 Å². The molecule has 2 aliphatic heterocycles. The van der Waals surface area contributed by atoms with E-state index in [0.717, 1.165) is 19.7 Å². The van der Waals surface area contributed by atoms with Crippen molar-refractivity contribution in [3.8, 4) is 0 Å². The Morgan fingerprint density at radius 1 is 1.50 bits per heavy atom. The van der Waals surface area contributed by atoms with E-state index in [0.29, 0.717) is 11.9 Å². The van der Waals surface area contributed by atoms with Crippen LogP contribution in [0.5, 0.6) is 0 Å². The average molecular weight is 225 g/mol. The lowest BCUT2D eigenvalue weighted by Gasteiger charge is -2.33. The highest BCUT2D eigenvalue weighted by Crippen LogP contribution is 2.28. The molecule has 0 spiro atoms. The SMILES string of the molecule is OCc1nc(C2CN3CCCC3CO2)no1. The highest BCUT2D eigenvalue weighted by molar-refractivity contribution is 4.96. The molecule has 6 nitrogen and oxygen atoms in total. The first kappa shape index (κ1) is 10.2. The van der Waals surface area contributed by atoms with E-state index in [2.05, 4.69) is 15.0 Å². The summed E-state index contributed by atoms with van der Waals surface area (Å²) in [6.07, 6.45) is 2.36. The first-order valence-corrected chi connectivity index (χ1v) is 5.66. The quantitative estimate of drug-likeness (QED) is 0.769. The predicted molar refractivity (Wildman–Crippen MR) is 53.5 cm³/mol. The van der Waals surface area contributed by atoms with Crippen molar-refractivity contribution in [1.82, 2.24) is 15.0 Å². The van der Waals surface area contributed by atoms with Crippen LogP contribution in [0.1, 0.15) is 30.7 Å². The minimum Gasteiger partial charge on any atom is -0.387 e. The molecule has 2 aliphatic rings. The average Bonchev–Trinajstić information content (AvgIpc) is 2.96. The van der Waals surface area contributed by atoms with Gasteiger partial charge < -0.3 is 14.4 Å². The second-order valence-corrected chi connectivity index (χ2v) is 4.32. The molecular formula is C10H15N3O3. The summed E-state index contributed by atoms with van der Waals surface area (Å²) >= 11 is 0. The number of fused-ring (bicyclic) bond motifs is 1. The van der Waals surface area contributed by atoms with E-state index in [1.165, 1.54) is 12.8 Å². The molecule has 0 radical (unpaired) electrons. The lowest BCUT2D eigenvalue weighted by molar-refractivity contribution is -0.0548. The van der Waals surface area contributed by atoms with Crippen molar-refractivity contribution < 1.29 is 14.4 Å². The molecule has 0 saturated carbocycles. The molecule has 2 fully saturated rings. The van der Waals surface area contributed by atoms with Gasteiger partial charge in [0.05, 0.1) is 6.61 Å². The topological polar surface area (TPSA) is 71.6 Å². The van der Waals surface area contributed by atoms with Crippen molar-refractivity contribution >= 4 is 0 Å². The Hall–Kier alpha value is -0.980. The van der Waals surface area contributed by atoms with E-state index in [1.807, 2.05) is 0 Å². The smallest absolute Gasteiger partial charge is 0.252 e. The van der Waals surface area contributed by atoms with Gasteiger partial charge in [-0.15, -0.1) is 0 Å². The summed E-state index contributed by atoms with van der Waals surface area (Å²) in [4.78, 5) is 6.51. The van der Waals surface area contributed by atoms with Gasteiger partial charge in [0.15, 0.2) is 0 Å². The van der Waals surface area contributed by atoms with Gasteiger partial charge in [-0.05, 0) is 19.4 Å². The molecule has 0 aliphatic carbocycles. The molecule has 0 amide bonds. The lowest BCUT2D eigenvalue weighted by atomic mass is 10.2. The number of hydrogen-bond donors (Lipinski definition) is 1. The van der Waals surface area contributed by atoms with Gasteiger partial charge >= 0.3 is 0 Å². The van der Waals surface area contributed by atoms with Crippen LogP contribution in [-0.4, -0.2) is 45.9 Å². The van der Waals surface area contributed by atoms with Gasteiger partial charge in [-0.1, -0.05) is 5.16 Å². The lowest BCUT2D eigenvalue weighted by Crippen LogP contribution is -2.42. The third kappa shape index (κ3) is 1.73. The summed E-state index contributed by atoms with van der Waals surface area (Å²) in [5.74, 6) is 0.802. The highest BCUT2D eigenvalue weighted by atomic mass is 16.5. The molecule has 1 aromatic rings. The normalized spacial score (nSPS) is 30.6. The molecule has 2 saturated heterocycles. The van der Waals surface area contributed by atoms with Crippen LogP contribution >= 0.6 is 0 Å². The molecule has 1 N–H and O–H groups in total. The zero-order chi connectivity index (χ0) is 11.0.